The van der Waals surface area contributed by atoms with Gasteiger partial charge in [-0.2, -0.15) is 0 Å². The van der Waals surface area contributed by atoms with Crippen LogP contribution in [0.25, 0.3) is 0 Å². The Bertz CT molecular complexity index is 1330. The molecule has 1 unspecified atom stereocenters. The van der Waals surface area contributed by atoms with Crippen molar-refractivity contribution in [1.29, 1.82) is 0 Å². The standard InChI is InChI=1S/C73H134O5/c1-3-5-7-9-11-13-15-17-19-21-23-25-27-28-29-30-31-32-33-34-35-36-37-38-39-40-41-42-43-44-46-47-49-51-53-55-57-59-61-63-65-67-72(75)77-70-71(69-74)78-73(76)68-66-64-62-60-58-56-54-52-50-48-45-26-24-22-20-18-16-14-12-10-8-6-4-2/h6,8,12,14,18,20,24,26,48,50,71,74H,3-5,7,9-11,13,15-17,19,21-23,25,27-47,49,51-70H2,1-2H3/b8-6-,14-12-,20-18-,26-24-,50-48-. The van der Waals surface area contributed by atoms with Crippen molar-refractivity contribution in [2.45, 2.75) is 380 Å². The summed E-state index contributed by atoms with van der Waals surface area (Å²) >= 11 is 0. The molecular weight excluding hydrogens is 957 g/mol. The number of aliphatic hydroxyl groups excluding tert-OH is 1. The maximum atomic E-state index is 12.3. The molecule has 5 heteroatoms. The summed E-state index contributed by atoms with van der Waals surface area (Å²) < 4.78 is 10.7. The molecule has 0 heterocycles. The van der Waals surface area contributed by atoms with Crippen LogP contribution in [-0.4, -0.2) is 36.4 Å². The van der Waals surface area contributed by atoms with E-state index in [1.54, 1.807) is 0 Å². The van der Waals surface area contributed by atoms with Gasteiger partial charge in [0.15, 0.2) is 6.10 Å². The number of unbranched alkanes of at least 4 members (excludes halogenated alkanes) is 47. The fourth-order valence-electron chi connectivity index (χ4n) is 10.6. The van der Waals surface area contributed by atoms with Crippen LogP contribution in [0.3, 0.4) is 0 Å². The van der Waals surface area contributed by atoms with E-state index >= 15 is 0 Å². The molecule has 0 amide bonds. The molecule has 0 bridgehead atoms. The predicted octanol–water partition coefficient (Wildman–Crippen LogP) is 24.1. The van der Waals surface area contributed by atoms with Gasteiger partial charge >= 0.3 is 11.9 Å². The highest BCUT2D eigenvalue weighted by atomic mass is 16.6. The molecule has 0 aromatic rings. The zero-order chi connectivity index (χ0) is 56.2. The molecule has 78 heavy (non-hydrogen) atoms. The first-order valence-electron chi connectivity index (χ1n) is 34.8. The van der Waals surface area contributed by atoms with Gasteiger partial charge in [-0.15, -0.1) is 0 Å². The van der Waals surface area contributed by atoms with E-state index in [0.29, 0.717) is 12.8 Å². The first-order chi connectivity index (χ1) is 38.6. The Labute approximate surface area is 487 Å². The Balaban J connectivity index is 3.38. The molecular formula is C73H134O5. The molecule has 0 spiro atoms. The second-order valence-electron chi connectivity index (χ2n) is 23.6. The number of hydrogen-bond acceptors (Lipinski definition) is 5. The number of hydrogen-bond donors (Lipinski definition) is 1. The largest absolute Gasteiger partial charge is 0.462 e. The highest BCUT2D eigenvalue weighted by Gasteiger charge is 2.16. The van der Waals surface area contributed by atoms with Gasteiger partial charge in [0.25, 0.3) is 0 Å². The smallest absolute Gasteiger partial charge is 0.306 e. The lowest BCUT2D eigenvalue weighted by Gasteiger charge is -2.15. The predicted molar refractivity (Wildman–Crippen MR) is 344 cm³/mol. The highest BCUT2D eigenvalue weighted by Crippen LogP contribution is 2.19. The van der Waals surface area contributed by atoms with Crippen molar-refractivity contribution in [2.75, 3.05) is 13.2 Å². The van der Waals surface area contributed by atoms with Crippen LogP contribution in [-0.2, 0) is 19.1 Å². The number of carbonyl (C=O) groups is 2. The number of allylic oxidation sites excluding steroid dienone is 10. The van der Waals surface area contributed by atoms with Gasteiger partial charge in [-0.1, -0.05) is 364 Å². The molecule has 0 aromatic carbocycles. The van der Waals surface area contributed by atoms with Gasteiger partial charge in [0, 0.05) is 12.8 Å². The molecule has 0 saturated heterocycles. The zero-order valence-electron chi connectivity index (χ0n) is 52.4. The summed E-state index contributed by atoms with van der Waals surface area (Å²) in [5, 5.41) is 9.68. The van der Waals surface area contributed by atoms with Crippen LogP contribution < -0.4 is 0 Å². The lowest BCUT2D eigenvalue weighted by atomic mass is 10.0. The topological polar surface area (TPSA) is 72.8 Å². The molecule has 0 aromatic heterocycles. The van der Waals surface area contributed by atoms with Crippen LogP contribution in [0.1, 0.15) is 373 Å². The molecule has 0 rings (SSSR count). The zero-order valence-corrected chi connectivity index (χ0v) is 52.4. The quantitative estimate of drug-likeness (QED) is 0.0373. The Hall–Kier alpha value is -2.40. The van der Waals surface area contributed by atoms with Crippen molar-refractivity contribution < 1.29 is 24.2 Å². The van der Waals surface area contributed by atoms with E-state index in [2.05, 4.69) is 74.6 Å². The van der Waals surface area contributed by atoms with Crippen molar-refractivity contribution in [3.05, 3.63) is 60.8 Å². The molecule has 1 atom stereocenters. The Kier molecular flexibility index (Phi) is 66.8. The van der Waals surface area contributed by atoms with Crippen LogP contribution in [0.15, 0.2) is 60.8 Å². The average molecular weight is 1090 g/mol. The molecule has 0 radical (unpaired) electrons. The van der Waals surface area contributed by atoms with Gasteiger partial charge in [0.05, 0.1) is 6.61 Å². The fraction of sp³-hybridized carbons (Fsp3) is 0.836. The number of rotatable bonds is 65. The molecule has 0 aliphatic rings. The van der Waals surface area contributed by atoms with E-state index in [1.165, 1.54) is 270 Å². The fourth-order valence-corrected chi connectivity index (χ4v) is 10.6. The summed E-state index contributed by atoms with van der Waals surface area (Å²) in [5.74, 6) is -0.589. The normalized spacial score (nSPS) is 12.5. The molecule has 0 aliphatic heterocycles. The van der Waals surface area contributed by atoms with Crippen LogP contribution in [0, 0.1) is 0 Å². The molecule has 0 fully saturated rings. The van der Waals surface area contributed by atoms with Gasteiger partial charge in [-0.25, -0.2) is 0 Å². The Morgan fingerprint density at radius 3 is 0.833 bits per heavy atom. The highest BCUT2D eigenvalue weighted by molar-refractivity contribution is 5.70. The van der Waals surface area contributed by atoms with E-state index < -0.39 is 6.10 Å². The maximum Gasteiger partial charge on any atom is 0.306 e. The molecule has 0 aliphatic carbocycles. The third-order valence-electron chi connectivity index (χ3n) is 15.8. The third-order valence-corrected chi connectivity index (χ3v) is 15.8. The molecule has 456 valence electrons. The first-order valence-corrected chi connectivity index (χ1v) is 34.8. The molecule has 1 N–H and O–H groups in total. The van der Waals surface area contributed by atoms with Crippen LogP contribution >= 0.6 is 0 Å². The lowest BCUT2D eigenvalue weighted by Crippen LogP contribution is -2.28. The second kappa shape index (κ2) is 68.9. The minimum absolute atomic E-state index is 0.0690. The minimum Gasteiger partial charge on any atom is -0.462 e. The lowest BCUT2D eigenvalue weighted by molar-refractivity contribution is -0.161. The Morgan fingerprint density at radius 2 is 0.551 bits per heavy atom. The van der Waals surface area contributed by atoms with E-state index in [4.69, 9.17) is 9.47 Å². The third kappa shape index (κ3) is 66.1. The summed E-state index contributed by atoms with van der Waals surface area (Å²) in [4.78, 5) is 24.6. The minimum atomic E-state index is -0.781. The van der Waals surface area contributed by atoms with Gasteiger partial charge in [-0.05, 0) is 57.8 Å². The number of ether oxygens (including phenoxy) is 2. The van der Waals surface area contributed by atoms with Gasteiger partial charge in [0.1, 0.15) is 6.61 Å². The first kappa shape index (κ1) is 75.6. The van der Waals surface area contributed by atoms with E-state index in [1.807, 2.05) is 0 Å². The van der Waals surface area contributed by atoms with Crippen LogP contribution in [0.4, 0.5) is 0 Å². The monoisotopic (exact) mass is 1090 g/mol. The van der Waals surface area contributed by atoms with Gasteiger partial charge < -0.3 is 14.6 Å². The van der Waals surface area contributed by atoms with Crippen molar-refractivity contribution in [3.63, 3.8) is 0 Å². The van der Waals surface area contributed by atoms with Crippen molar-refractivity contribution in [3.8, 4) is 0 Å². The Morgan fingerprint density at radius 1 is 0.308 bits per heavy atom. The number of carbonyl (C=O) groups excluding carboxylic acids is 2. The van der Waals surface area contributed by atoms with Gasteiger partial charge in [0.2, 0.25) is 0 Å². The van der Waals surface area contributed by atoms with E-state index in [0.717, 1.165) is 77.0 Å². The van der Waals surface area contributed by atoms with Crippen molar-refractivity contribution >= 4 is 11.9 Å². The van der Waals surface area contributed by atoms with Crippen LogP contribution in [0.2, 0.25) is 0 Å². The summed E-state index contributed by atoms with van der Waals surface area (Å²) in [5.41, 5.74) is 0. The number of esters is 2. The SMILES string of the molecule is CC/C=C\C/C=C\C/C=C\C/C=C\C/C=C\CCCCCCCCCC(=O)OC(CO)COC(=O)CCCCCCCCCCCCCCCCCCCCCCCCCCCCCCCCCCCCCCCCCCC. The average Bonchev–Trinajstić information content (AvgIpc) is 3.44. The summed E-state index contributed by atoms with van der Waals surface area (Å²) in [6.07, 6.45) is 94.2. The summed E-state index contributed by atoms with van der Waals surface area (Å²) in [6, 6.07) is 0. The van der Waals surface area contributed by atoms with Crippen molar-refractivity contribution in [2.24, 2.45) is 0 Å². The van der Waals surface area contributed by atoms with E-state index in [9.17, 15) is 14.7 Å². The number of aliphatic hydroxyl groups is 1. The maximum absolute atomic E-state index is 12.3. The summed E-state index contributed by atoms with van der Waals surface area (Å²) in [7, 11) is 0. The van der Waals surface area contributed by atoms with Crippen molar-refractivity contribution in [1.82, 2.24) is 0 Å². The molecule has 0 saturated carbocycles. The summed E-state index contributed by atoms with van der Waals surface area (Å²) in [6.45, 7) is 4.06. The van der Waals surface area contributed by atoms with Gasteiger partial charge in [-0.3, -0.25) is 9.59 Å². The second-order valence-corrected chi connectivity index (χ2v) is 23.6. The molecule has 5 nitrogen and oxygen atoms in total. The van der Waals surface area contributed by atoms with E-state index in [-0.39, 0.29) is 25.2 Å². The van der Waals surface area contributed by atoms with Crippen LogP contribution in [0.5, 0.6) is 0 Å².